The molecule has 0 amide bonds. The van der Waals surface area contributed by atoms with E-state index in [0.717, 1.165) is 11.6 Å². The van der Waals surface area contributed by atoms with Gasteiger partial charge in [-0.15, -0.1) is 11.3 Å². The van der Waals surface area contributed by atoms with Gasteiger partial charge in [0.25, 0.3) is 0 Å². The number of thiophene rings is 1. The molecule has 13 heavy (non-hydrogen) atoms. The van der Waals surface area contributed by atoms with Crippen molar-refractivity contribution in [3.63, 3.8) is 0 Å². The Bertz CT molecular complexity index is 422. The minimum Gasteiger partial charge on any atom is -0.316 e. The van der Waals surface area contributed by atoms with E-state index >= 15 is 0 Å². The molecule has 3 heteroatoms. The standard InChI is InChI=1S/C10H10ClNS/c1-12-6-7-4-8-2-3-13-10(8)9(11)5-7/h2-5,12H,6H2,1H3. The third-order valence-corrected chi connectivity index (χ3v) is 3.32. The summed E-state index contributed by atoms with van der Waals surface area (Å²) in [4.78, 5) is 0. The van der Waals surface area contributed by atoms with E-state index in [0.29, 0.717) is 0 Å². The summed E-state index contributed by atoms with van der Waals surface area (Å²) in [5, 5.41) is 7.28. The van der Waals surface area contributed by atoms with E-state index in [-0.39, 0.29) is 0 Å². The molecule has 0 radical (unpaired) electrons. The molecule has 0 aliphatic carbocycles. The van der Waals surface area contributed by atoms with Crippen LogP contribution in [0, 0.1) is 0 Å². The highest BCUT2D eigenvalue weighted by atomic mass is 35.5. The first kappa shape index (κ1) is 9.00. The Kier molecular flexibility index (Phi) is 2.54. The second kappa shape index (κ2) is 3.66. The Labute approximate surface area is 86.3 Å². The lowest BCUT2D eigenvalue weighted by Crippen LogP contribution is -2.04. The molecule has 1 N–H and O–H groups in total. The van der Waals surface area contributed by atoms with Crippen molar-refractivity contribution in [1.82, 2.24) is 5.32 Å². The average molecular weight is 212 g/mol. The minimum atomic E-state index is 0.859. The molecule has 0 aliphatic heterocycles. The third-order valence-electron chi connectivity index (χ3n) is 1.95. The zero-order valence-corrected chi connectivity index (χ0v) is 8.88. The van der Waals surface area contributed by atoms with E-state index in [2.05, 4.69) is 22.8 Å². The van der Waals surface area contributed by atoms with Crippen LogP contribution in [0.25, 0.3) is 10.1 Å². The van der Waals surface area contributed by atoms with Crippen LogP contribution in [-0.2, 0) is 6.54 Å². The van der Waals surface area contributed by atoms with Gasteiger partial charge in [-0.05, 0) is 41.6 Å². The summed E-state index contributed by atoms with van der Waals surface area (Å²) in [7, 11) is 1.94. The first-order chi connectivity index (χ1) is 6.31. The molecule has 0 atom stereocenters. The van der Waals surface area contributed by atoms with Crippen LogP contribution in [0.1, 0.15) is 5.56 Å². The Morgan fingerprint density at radius 1 is 1.46 bits per heavy atom. The first-order valence-electron chi connectivity index (χ1n) is 4.11. The lowest BCUT2D eigenvalue weighted by Gasteiger charge is -2.01. The highest BCUT2D eigenvalue weighted by Crippen LogP contribution is 2.29. The summed E-state index contributed by atoms with van der Waals surface area (Å²) in [6.45, 7) is 0.867. The van der Waals surface area contributed by atoms with E-state index in [1.807, 2.05) is 13.1 Å². The van der Waals surface area contributed by atoms with Crippen molar-refractivity contribution in [2.45, 2.75) is 6.54 Å². The van der Waals surface area contributed by atoms with Gasteiger partial charge in [-0.25, -0.2) is 0 Å². The van der Waals surface area contributed by atoms with Crippen LogP contribution >= 0.6 is 22.9 Å². The van der Waals surface area contributed by atoms with Crippen LogP contribution in [0.2, 0.25) is 5.02 Å². The molecular weight excluding hydrogens is 202 g/mol. The lowest BCUT2D eigenvalue weighted by molar-refractivity contribution is 0.819. The van der Waals surface area contributed by atoms with Gasteiger partial charge in [-0.1, -0.05) is 11.6 Å². The predicted molar refractivity (Wildman–Crippen MR) is 59.6 cm³/mol. The van der Waals surface area contributed by atoms with E-state index in [4.69, 9.17) is 11.6 Å². The van der Waals surface area contributed by atoms with Gasteiger partial charge in [-0.2, -0.15) is 0 Å². The van der Waals surface area contributed by atoms with E-state index in [1.54, 1.807) is 11.3 Å². The number of rotatable bonds is 2. The Hall–Kier alpha value is -0.570. The summed E-state index contributed by atoms with van der Waals surface area (Å²) in [5.74, 6) is 0. The van der Waals surface area contributed by atoms with Crippen LogP contribution in [0.3, 0.4) is 0 Å². The normalized spacial score (nSPS) is 10.9. The molecule has 68 valence electrons. The van der Waals surface area contributed by atoms with E-state index < -0.39 is 0 Å². The number of hydrogen-bond donors (Lipinski definition) is 1. The van der Waals surface area contributed by atoms with Crippen molar-refractivity contribution in [3.8, 4) is 0 Å². The molecule has 1 heterocycles. The summed E-state index contributed by atoms with van der Waals surface area (Å²) in [6.07, 6.45) is 0. The maximum absolute atomic E-state index is 6.12. The molecule has 0 unspecified atom stereocenters. The van der Waals surface area contributed by atoms with Crippen LogP contribution in [0.15, 0.2) is 23.6 Å². The molecule has 1 aromatic heterocycles. The molecule has 1 nitrogen and oxygen atoms in total. The van der Waals surface area contributed by atoms with E-state index in [9.17, 15) is 0 Å². The third kappa shape index (κ3) is 1.70. The van der Waals surface area contributed by atoms with Gasteiger partial charge in [0.2, 0.25) is 0 Å². The SMILES string of the molecule is CNCc1cc(Cl)c2sccc2c1. The van der Waals surface area contributed by atoms with Crippen LogP contribution in [-0.4, -0.2) is 7.05 Å². The van der Waals surface area contributed by atoms with Crippen molar-refractivity contribution in [3.05, 3.63) is 34.2 Å². The van der Waals surface area contributed by atoms with Gasteiger partial charge in [0.05, 0.1) is 9.72 Å². The lowest BCUT2D eigenvalue weighted by atomic mass is 10.2. The molecule has 0 spiro atoms. The van der Waals surface area contributed by atoms with Crippen LogP contribution < -0.4 is 5.32 Å². The van der Waals surface area contributed by atoms with E-state index in [1.165, 1.54) is 15.6 Å². The number of hydrogen-bond acceptors (Lipinski definition) is 2. The fourth-order valence-electron chi connectivity index (χ4n) is 1.40. The molecule has 0 saturated carbocycles. The molecule has 0 saturated heterocycles. The fraction of sp³-hybridized carbons (Fsp3) is 0.200. The van der Waals surface area contributed by atoms with Gasteiger partial charge in [0.1, 0.15) is 0 Å². The zero-order valence-electron chi connectivity index (χ0n) is 7.30. The molecule has 2 rings (SSSR count). The van der Waals surface area contributed by atoms with Crippen molar-refractivity contribution >= 4 is 33.0 Å². The zero-order chi connectivity index (χ0) is 9.26. The minimum absolute atomic E-state index is 0.859. The monoisotopic (exact) mass is 211 g/mol. The Balaban J connectivity index is 2.56. The molecule has 0 aliphatic rings. The smallest absolute Gasteiger partial charge is 0.0587 e. The Morgan fingerprint density at radius 2 is 2.31 bits per heavy atom. The predicted octanol–water partition coefficient (Wildman–Crippen LogP) is 3.27. The van der Waals surface area contributed by atoms with Crippen molar-refractivity contribution in [2.24, 2.45) is 0 Å². The molecule has 0 fully saturated rings. The summed E-state index contributed by atoms with van der Waals surface area (Å²) < 4.78 is 1.18. The fourth-order valence-corrected chi connectivity index (χ4v) is 2.57. The number of nitrogens with one attached hydrogen (secondary N) is 1. The number of halogens is 1. The summed E-state index contributed by atoms with van der Waals surface area (Å²) in [6, 6.07) is 6.30. The van der Waals surface area contributed by atoms with Gasteiger partial charge in [0.15, 0.2) is 0 Å². The van der Waals surface area contributed by atoms with Gasteiger partial charge in [0, 0.05) is 6.54 Å². The van der Waals surface area contributed by atoms with Gasteiger partial charge in [-0.3, -0.25) is 0 Å². The largest absolute Gasteiger partial charge is 0.316 e. The number of fused-ring (bicyclic) bond motifs is 1. The number of benzene rings is 1. The van der Waals surface area contributed by atoms with Crippen molar-refractivity contribution in [2.75, 3.05) is 7.05 Å². The molecule has 0 bridgehead atoms. The van der Waals surface area contributed by atoms with Crippen LogP contribution in [0.5, 0.6) is 0 Å². The maximum atomic E-state index is 6.12. The molecule has 1 aromatic carbocycles. The quantitative estimate of drug-likeness (QED) is 0.804. The average Bonchev–Trinajstić information content (AvgIpc) is 2.53. The highest BCUT2D eigenvalue weighted by Gasteiger charge is 2.02. The maximum Gasteiger partial charge on any atom is 0.0587 e. The second-order valence-electron chi connectivity index (χ2n) is 2.95. The molecular formula is C10H10ClNS. The van der Waals surface area contributed by atoms with Crippen LogP contribution in [0.4, 0.5) is 0 Å². The summed E-state index contributed by atoms with van der Waals surface area (Å²) >= 11 is 7.81. The van der Waals surface area contributed by atoms with Gasteiger partial charge >= 0.3 is 0 Å². The van der Waals surface area contributed by atoms with Gasteiger partial charge < -0.3 is 5.32 Å². The second-order valence-corrected chi connectivity index (χ2v) is 4.27. The van der Waals surface area contributed by atoms with Crippen molar-refractivity contribution < 1.29 is 0 Å². The highest BCUT2D eigenvalue weighted by molar-refractivity contribution is 7.17. The first-order valence-corrected chi connectivity index (χ1v) is 5.37. The summed E-state index contributed by atoms with van der Waals surface area (Å²) in [5.41, 5.74) is 1.23. The molecule has 2 aromatic rings. The topological polar surface area (TPSA) is 12.0 Å². The Morgan fingerprint density at radius 3 is 3.08 bits per heavy atom. The van der Waals surface area contributed by atoms with Crippen molar-refractivity contribution in [1.29, 1.82) is 0 Å².